The average molecular weight is 1200 g/mol. The van der Waals surface area contributed by atoms with Crippen molar-refractivity contribution in [2.45, 2.75) is 264 Å². The van der Waals surface area contributed by atoms with Gasteiger partial charge in [0.25, 0.3) is 0 Å². The Hall–Kier alpha value is -1.08. The second-order valence-electron chi connectivity index (χ2n) is 26.8. The van der Waals surface area contributed by atoms with E-state index in [2.05, 4.69) is 27.7 Å². The van der Waals surface area contributed by atoms with Crippen LogP contribution < -0.4 is 0 Å². The minimum absolute atomic E-state index is 0.107. The maximum Gasteiger partial charge on any atom is 0.187 e. The van der Waals surface area contributed by atoms with Gasteiger partial charge < -0.3 is 133 Å². The first-order valence-electron chi connectivity index (χ1n) is 30.2. The zero-order valence-corrected chi connectivity index (χ0v) is 47.6. The van der Waals surface area contributed by atoms with E-state index in [1.165, 1.54) is 6.92 Å². The van der Waals surface area contributed by atoms with E-state index >= 15 is 0 Å². The Bertz CT molecular complexity index is 2160. The van der Waals surface area contributed by atoms with E-state index in [1.807, 2.05) is 0 Å². The molecule has 37 atom stereocenters. The summed E-state index contributed by atoms with van der Waals surface area (Å²) in [7, 11) is 0. The first-order valence-corrected chi connectivity index (χ1v) is 30.2. The summed E-state index contributed by atoms with van der Waals surface area (Å²) in [6.07, 6.45) is -37.2. The molecule has 0 aromatic rings. The number of hydrogen-bond acceptors (Lipinski definition) is 27. The van der Waals surface area contributed by atoms with Crippen molar-refractivity contribution in [2.24, 2.45) is 52.3 Å². The van der Waals surface area contributed by atoms with E-state index in [1.54, 1.807) is 0 Å². The van der Waals surface area contributed by atoms with Crippen LogP contribution in [0.4, 0.5) is 0 Å². The molecule has 0 amide bonds. The molecule has 11 fully saturated rings. The van der Waals surface area contributed by atoms with E-state index in [0.29, 0.717) is 42.4 Å². The summed E-state index contributed by atoms with van der Waals surface area (Å²) in [5.41, 5.74) is -0.113. The molecule has 0 aromatic carbocycles. The zero-order chi connectivity index (χ0) is 59.5. The summed E-state index contributed by atoms with van der Waals surface area (Å²) in [6.45, 7) is 8.07. The molecule has 27 heteroatoms. The molecular formula is C56H92O27. The maximum atomic E-state index is 12.1. The standard InChI is InChI=1S/C56H92O27/c1-20-8-11-56(73-18-20)21(2)34-30(83-56)13-26-24-7-6-23-12-29(27(60)14-55(23,5)25(24)9-10-54(26,34)4)75-51-43(70)40(67)45(33(17-59)78-51)79-53-48(47(38(65)32(16-58)77-53)81-49-41(68)36(63)28(61)19-72-49)82-52-44(71)46(37(64)31(15-57)76-52)80-50-42(69)39(66)35(62)22(3)74-50/h20-53,57-71H,6-19H2,1-5H3. The van der Waals surface area contributed by atoms with Crippen molar-refractivity contribution in [3.8, 4) is 0 Å². The summed E-state index contributed by atoms with van der Waals surface area (Å²) in [6, 6.07) is 0. The van der Waals surface area contributed by atoms with Crippen molar-refractivity contribution < 1.29 is 133 Å². The molecule has 11 aliphatic rings. The topological polar surface area (TPSA) is 414 Å². The molecule has 4 aliphatic carbocycles. The van der Waals surface area contributed by atoms with Crippen molar-refractivity contribution in [1.82, 2.24) is 0 Å². The quantitative estimate of drug-likeness (QED) is 0.0774. The third kappa shape index (κ3) is 11.1. The zero-order valence-electron chi connectivity index (χ0n) is 47.6. The Labute approximate surface area is 481 Å². The van der Waals surface area contributed by atoms with E-state index in [-0.39, 0.29) is 28.8 Å². The van der Waals surface area contributed by atoms with Crippen molar-refractivity contribution in [3.63, 3.8) is 0 Å². The van der Waals surface area contributed by atoms with Crippen LogP contribution in [0.15, 0.2) is 0 Å². The first-order chi connectivity index (χ1) is 39.4. The third-order valence-corrected chi connectivity index (χ3v) is 22.1. The van der Waals surface area contributed by atoms with Crippen LogP contribution in [0.1, 0.15) is 92.4 Å². The molecule has 1 spiro atoms. The Morgan fingerprint density at radius 1 is 0.470 bits per heavy atom. The molecule has 4 saturated carbocycles. The molecule has 27 nitrogen and oxygen atoms in total. The highest BCUT2D eigenvalue weighted by molar-refractivity contribution is 5.16. The molecule has 15 N–H and O–H groups in total. The molecule has 83 heavy (non-hydrogen) atoms. The van der Waals surface area contributed by atoms with E-state index in [4.69, 9.17) is 56.8 Å². The van der Waals surface area contributed by atoms with Crippen molar-refractivity contribution in [2.75, 3.05) is 33.0 Å². The Morgan fingerprint density at radius 3 is 1.76 bits per heavy atom. The highest BCUT2D eigenvalue weighted by atomic mass is 16.8. The summed E-state index contributed by atoms with van der Waals surface area (Å²) in [5.74, 6) is 2.15. The number of ether oxygens (including phenoxy) is 12. The number of hydrogen-bond donors (Lipinski definition) is 15. The number of rotatable bonds is 13. The Kier molecular flexibility index (Phi) is 18.8. The molecule has 478 valence electrons. The lowest BCUT2D eigenvalue weighted by molar-refractivity contribution is -0.409. The summed E-state index contributed by atoms with van der Waals surface area (Å²) >= 11 is 0. The predicted octanol–water partition coefficient (Wildman–Crippen LogP) is -4.45. The van der Waals surface area contributed by atoms with Crippen LogP contribution in [-0.2, 0) is 56.8 Å². The van der Waals surface area contributed by atoms with Gasteiger partial charge in [0.2, 0.25) is 0 Å². The minimum Gasteiger partial charge on any atom is -0.394 e. The van der Waals surface area contributed by atoms with Gasteiger partial charge in [-0.25, -0.2) is 0 Å². The van der Waals surface area contributed by atoms with E-state index in [9.17, 15) is 76.6 Å². The largest absolute Gasteiger partial charge is 0.394 e. The molecule has 7 saturated heterocycles. The van der Waals surface area contributed by atoms with Crippen LogP contribution in [0, 0.1) is 52.3 Å². The normalized spacial score (nSPS) is 58.3. The highest BCUT2D eigenvalue weighted by Crippen LogP contribution is 2.71. The lowest BCUT2D eigenvalue weighted by Crippen LogP contribution is -2.69. The van der Waals surface area contributed by atoms with Gasteiger partial charge in [0.05, 0.1) is 57.5 Å². The summed E-state index contributed by atoms with van der Waals surface area (Å²) < 4.78 is 73.3. The molecule has 7 heterocycles. The van der Waals surface area contributed by atoms with E-state index < -0.39 is 192 Å². The lowest BCUT2D eigenvalue weighted by Gasteiger charge is -2.62. The Balaban J connectivity index is 0.791. The highest BCUT2D eigenvalue weighted by Gasteiger charge is 2.70. The van der Waals surface area contributed by atoms with Crippen LogP contribution in [0.25, 0.3) is 0 Å². The molecular weight excluding hydrogens is 1100 g/mol. The van der Waals surface area contributed by atoms with Gasteiger partial charge in [-0.3, -0.25) is 0 Å². The molecule has 0 radical (unpaired) electrons. The van der Waals surface area contributed by atoms with Gasteiger partial charge in [-0.1, -0.05) is 27.7 Å². The van der Waals surface area contributed by atoms with Crippen LogP contribution in [0.3, 0.4) is 0 Å². The average Bonchev–Trinajstić information content (AvgIpc) is 3.96. The minimum atomic E-state index is -2.14. The fraction of sp³-hybridized carbons (Fsp3) is 1.00. The predicted molar refractivity (Wildman–Crippen MR) is 275 cm³/mol. The van der Waals surface area contributed by atoms with Crippen LogP contribution in [0.2, 0.25) is 0 Å². The second kappa shape index (κ2) is 24.6. The fourth-order valence-electron chi connectivity index (χ4n) is 17.4. The van der Waals surface area contributed by atoms with Gasteiger partial charge >= 0.3 is 0 Å². The number of aliphatic hydroxyl groups is 15. The Morgan fingerprint density at radius 2 is 1.07 bits per heavy atom. The van der Waals surface area contributed by atoms with Crippen molar-refractivity contribution in [1.29, 1.82) is 0 Å². The van der Waals surface area contributed by atoms with Crippen molar-refractivity contribution in [3.05, 3.63) is 0 Å². The molecule has 0 aromatic heterocycles. The third-order valence-electron chi connectivity index (χ3n) is 22.1. The number of fused-ring (bicyclic) bond motifs is 7. The lowest BCUT2D eigenvalue weighted by atomic mass is 9.44. The maximum absolute atomic E-state index is 12.1. The van der Waals surface area contributed by atoms with Crippen LogP contribution in [-0.4, -0.2) is 281 Å². The molecule has 37 unspecified atom stereocenters. The van der Waals surface area contributed by atoms with Crippen molar-refractivity contribution >= 4 is 0 Å². The van der Waals surface area contributed by atoms with Gasteiger partial charge in [-0.2, -0.15) is 0 Å². The summed E-state index contributed by atoms with van der Waals surface area (Å²) in [4.78, 5) is 0. The molecule has 7 aliphatic heterocycles. The van der Waals surface area contributed by atoms with Gasteiger partial charge in [0.1, 0.15) is 110 Å². The van der Waals surface area contributed by atoms with Crippen LogP contribution in [0.5, 0.6) is 0 Å². The van der Waals surface area contributed by atoms with Crippen LogP contribution >= 0.6 is 0 Å². The second-order valence-corrected chi connectivity index (χ2v) is 26.8. The van der Waals surface area contributed by atoms with Gasteiger partial charge in [-0.15, -0.1) is 0 Å². The first kappa shape index (κ1) is 63.5. The van der Waals surface area contributed by atoms with Gasteiger partial charge in [-0.05, 0) is 105 Å². The van der Waals surface area contributed by atoms with Gasteiger partial charge in [0, 0.05) is 12.3 Å². The molecule has 0 bridgehead atoms. The monoisotopic (exact) mass is 1200 g/mol. The fourth-order valence-corrected chi connectivity index (χ4v) is 17.4. The van der Waals surface area contributed by atoms with E-state index in [0.717, 1.165) is 51.6 Å². The molecule has 11 rings (SSSR count). The smallest absolute Gasteiger partial charge is 0.187 e. The van der Waals surface area contributed by atoms with Gasteiger partial charge in [0.15, 0.2) is 37.2 Å². The number of aliphatic hydroxyl groups excluding tert-OH is 15. The summed E-state index contributed by atoms with van der Waals surface area (Å²) in [5, 5.41) is 166. The SMILES string of the molecule is CC1CCC2(OC1)OC1CC3C4CCC5CC(OC6OC(CO)C(OC7OC(CO)C(O)C(OC8OCC(O)C(O)C8O)C7OC7OC(CO)C(O)C(OC8OC(C)C(O)C(O)C8O)C7O)C(O)C6O)C(O)CC5(C)C4CCC3(C)C1C2C.